The molecule has 0 aromatic carbocycles. The predicted octanol–water partition coefficient (Wildman–Crippen LogP) is 3.50. The van der Waals surface area contributed by atoms with Gasteiger partial charge in [-0.05, 0) is 44.7 Å². The Morgan fingerprint density at radius 3 is 2.35 bits per heavy atom. The molecular weight excluding hydrogens is 210 g/mol. The molecule has 0 heterocycles. The zero-order valence-corrected chi connectivity index (χ0v) is 11.9. The van der Waals surface area contributed by atoms with E-state index in [0.717, 1.165) is 44.8 Å². The molecule has 2 nitrogen and oxygen atoms in total. The van der Waals surface area contributed by atoms with Crippen molar-refractivity contribution in [1.29, 1.82) is 0 Å². The Bertz CT molecular complexity index is 221. The second kappa shape index (κ2) is 7.86. The molecule has 17 heavy (non-hydrogen) atoms. The Morgan fingerprint density at radius 2 is 1.82 bits per heavy atom. The third-order valence-corrected chi connectivity index (χ3v) is 4.01. The first-order valence-electron chi connectivity index (χ1n) is 7.46. The van der Waals surface area contributed by atoms with Crippen molar-refractivity contribution in [3.8, 4) is 0 Å². The van der Waals surface area contributed by atoms with Gasteiger partial charge >= 0.3 is 0 Å². The summed E-state index contributed by atoms with van der Waals surface area (Å²) in [6, 6.07) is 0. The van der Waals surface area contributed by atoms with E-state index in [2.05, 4.69) is 25.7 Å². The van der Waals surface area contributed by atoms with Crippen LogP contribution in [0.3, 0.4) is 0 Å². The lowest BCUT2D eigenvalue weighted by Gasteiger charge is -2.32. The molecule has 0 bridgehead atoms. The quantitative estimate of drug-likeness (QED) is 0.677. The number of nitrogens with zero attached hydrogens (tertiary/aromatic N) is 1. The first kappa shape index (κ1) is 14.7. The minimum Gasteiger partial charge on any atom is -0.303 e. The van der Waals surface area contributed by atoms with Crippen LogP contribution < -0.4 is 0 Å². The highest BCUT2D eigenvalue weighted by atomic mass is 16.1. The number of carbonyl (C=O) groups excluding carboxylic acids is 1. The minimum atomic E-state index is 0.326. The smallest absolute Gasteiger partial charge is 0.137 e. The second-order valence-corrected chi connectivity index (χ2v) is 5.51. The summed E-state index contributed by atoms with van der Waals surface area (Å²) in [6.07, 6.45) is 6.73. The van der Waals surface area contributed by atoms with Crippen LogP contribution in [0.25, 0.3) is 0 Å². The molecule has 1 fully saturated rings. The van der Waals surface area contributed by atoms with Gasteiger partial charge in [-0.25, -0.2) is 0 Å². The molecule has 1 aliphatic carbocycles. The maximum Gasteiger partial charge on any atom is 0.137 e. The number of Topliss-reactive ketones (excluding diaryl/α,β-unsaturated/α-hetero) is 1. The van der Waals surface area contributed by atoms with E-state index in [0.29, 0.717) is 11.7 Å². The fraction of sp³-hybridized carbons (Fsp3) is 0.933. The number of carbonyl (C=O) groups is 1. The van der Waals surface area contributed by atoms with Gasteiger partial charge in [0.15, 0.2) is 0 Å². The van der Waals surface area contributed by atoms with Crippen molar-refractivity contribution >= 4 is 5.78 Å². The molecule has 0 aromatic heterocycles. The fourth-order valence-electron chi connectivity index (χ4n) is 2.99. The van der Waals surface area contributed by atoms with Crippen molar-refractivity contribution < 1.29 is 4.79 Å². The fourth-order valence-corrected chi connectivity index (χ4v) is 2.99. The molecule has 2 unspecified atom stereocenters. The Kier molecular flexibility index (Phi) is 6.79. The van der Waals surface area contributed by atoms with Crippen LogP contribution >= 0.6 is 0 Å². The molecule has 1 rings (SSSR count). The highest BCUT2D eigenvalue weighted by Gasteiger charge is 2.28. The molecule has 1 saturated carbocycles. The number of hydrogen-bond acceptors (Lipinski definition) is 2. The molecular formula is C15H29NO. The van der Waals surface area contributed by atoms with Gasteiger partial charge in [-0.3, -0.25) is 4.79 Å². The van der Waals surface area contributed by atoms with Crippen molar-refractivity contribution in [3.05, 3.63) is 0 Å². The molecule has 0 radical (unpaired) electrons. The number of rotatable bonds is 7. The van der Waals surface area contributed by atoms with Gasteiger partial charge < -0.3 is 4.90 Å². The Morgan fingerprint density at radius 1 is 1.18 bits per heavy atom. The van der Waals surface area contributed by atoms with E-state index in [9.17, 15) is 4.79 Å². The van der Waals surface area contributed by atoms with E-state index in [1.807, 2.05) is 0 Å². The predicted molar refractivity (Wildman–Crippen MR) is 73.2 cm³/mol. The summed E-state index contributed by atoms with van der Waals surface area (Å²) in [5, 5.41) is 0. The summed E-state index contributed by atoms with van der Waals surface area (Å²) >= 11 is 0. The van der Waals surface area contributed by atoms with Crippen LogP contribution in [0.4, 0.5) is 0 Å². The van der Waals surface area contributed by atoms with Crippen LogP contribution in [-0.4, -0.2) is 30.3 Å². The van der Waals surface area contributed by atoms with Crippen LogP contribution in [0.15, 0.2) is 0 Å². The van der Waals surface area contributed by atoms with Gasteiger partial charge in [-0.1, -0.05) is 27.2 Å². The molecule has 0 aromatic rings. The summed E-state index contributed by atoms with van der Waals surface area (Å²) in [6.45, 7) is 10.0. The van der Waals surface area contributed by atoms with Crippen LogP contribution in [0, 0.1) is 11.8 Å². The lowest BCUT2D eigenvalue weighted by molar-refractivity contribution is -0.126. The highest BCUT2D eigenvalue weighted by Crippen LogP contribution is 2.29. The van der Waals surface area contributed by atoms with E-state index < -0.39 is 0 Å². The molecule has 0 amide bonds. The summed E-state index contributed by atoms with van der Waals surface area (Å²) in [5.41, 5.74) is 0. The second-order valence-electron chi connectivity index (χ2n) is 5.51. The molecule has 0 aliphatic heterocycles. The SMILES string of the molecule is CCCN(CCC)CC1CC(CC)CCC1=O. The Hall–Kier alpha value is -0.370. The van der Waals surface area contributed by atoms with Crippen molar-refractivity contribution in [2.24, 2.45) is 11.8 Å². The molecule has 0 saturated heterocycles. The van der Waals surface area contributed by atoms with E-state index >= 15 is 0 Å². The van der Waals surface area contributed by atoms with Crippen LogP contribution in [0.5, 0.6) is 0 Å². The lowest BCUT2D eigenvalue weighted by Crippen LogP contribution is -2.37. The molecule has 1 aliphatic rings. The summed E-state index contributed by atoms with van der Waals surface area (Å²) < 4.78 is 0. The van der Waals surface area contributed by atoms with Gasteiger partial charge in [-0.2, -0.15) is 0 Å². The van der Waals surface area contributed by atoms with Gasteiger partial charge in [0, 0.05) is 18.9 Å². The third kappa shape index (κ3) is 4.79. The van der Waals surface area contributed by atoms with Gasteiger partial charge in [-0.15, -0.1) is 0 Å². The third-order valence-electron chi connectivity index (χ3n) is 4.01. The van der Waals surface area contributed by atoms with Crippen molar-refractivity contribution in [2.45, 2.75) is 59.3 Å². The van der Waals surface area contributed by atoms with Crippen LogP contribution in [-0.2, 0) is 4.79 Å². The highest BCUT2D eigenvalue weighted by molar-refractivity contribution is 5.81. The van der Waals surface area contributed by atoms with Gasteiger partial charge in [0.25, 0.3) is 0 Å². The van der Waals surface area contributed by atoms with Crippen molar-refractivity contribution in [3.63, 3.8) is 0 Å². The summed E-state index contributed by atoms with van der Waals surface area (Å²) in [4.78, 5) is 14.5. The monoisotopic (exact) mass is 239 g/mol. The largest absolute Gasteiger partial charge is 0.303 e. The Balaban J connectivity index is 2.47. The van der Waals surface area contributed by atoms with E-state index in [-0.39, 0.29) is 0 Å². The average Bonchev–Trinajstić information content (AvgIpc) is 2.32. The number of hydrogen-bond donors (Lipinski definition) is 0. The first-order valence-corrected chi connectivity index (χ1v) is 7.46. The van der Waals surface area contributed by atoms with E-state index in [4.69, 9.17) is 0 Å². The normalized spacial score (nSPS) is 25.5. The minimum absolute atomic E-state index is 0.326. The van der Waals surface area contributed by atoms with Gasteiger partial charge in [0.2, 0.25) is 0 Å². The standard InChI is InChI=1S/C15H29NO/c1-4-9-16(10-5-2)12-14-11-13(6-3)7-8-15(14)17/h13-14H,4-12H2,1-3H3. The van der Waals surface area contributed by atoms with Gasteiger partial charge in [0.1, 0.15) is 5.78 Å². The average molecular weight is 239 g/mol. The van der Waals surface area contributed by atoms with Crippen LogP contribution in [0.2, 0.25) is 0 Å². The Labute approximate surface area is 107 Å². The molecule has 2 atom stereocenters. The molecule has 100 valence electrons. The summed E-state index contributed by atoms with van der Waals surface area (Å²) in [7, 11) is 0. The molecule has 2 heteroatoms. The van der Waals surface area contributed by atoms with E-state index in [1.165, 1.54) is 19.3 Å². The number of ketones is 1. The van der Waals surface area contributed by atoms with Crippen LogP contribution in [0.1, 0.15) is 59.3 Å². The van der Waals surface area contributed by atoms with E-state index in [1.54, 1.807) is 0 Å². The van der Waals surface area contributed by atoms with Crippen molar-refractivity contribution in [2.75, 3.05) is 19.6 Å². The van der Waals surface area contributed by atoms with Gasteiger partial charge in [0.05, 0.1) is 0 Å². The maximum atomic E-state index is 12.0. The topological polar surface area (TPSA) is 20.3 Å². The lowest BCUT2D eigenvalue weighted by atomic mass is 9.79. The van der Waals surface area contributed by atoms with Crippen molar-refractivity contribution in [1.82, 2.24) is 4.90 Å². The summed E-state index contributed by atoms with van der Waals surface area (Å²) in [5.74, 6) is 1.64. The zero-order chi connectivity index (χ0) is 12.7. The molecule has 0 N–H and O–H groups in total. The molecule has 0 spiro atoms. The maximum absolute atomic E-state index is 12.0. The first-order chi connectivity index (χ1) is 8.21. The zero-order valence-electron chi connectivity index (χ0n) is 11.9.